The molecule has 1 atom stereocenters. The molecule has 20 heavy (non-hydrogen) atoms. The first kappa shape index (κ1) is 15.0. The number of likely N-dealkylation sites (N-methyl/N-ethyl adjacent to an activating group) is 1. The van der Waals surface area contributed by atoms with Crippen molar-refractivity contribution >= 4 is 5.97 Å². The molecule has 1 aromatic carbocycles. The summed E-state index contributed by atoms with van der Waals surface area (Å²) >= 11 is 0. The van der Waals surface area contributed by atoms with E-state index in [-0.39, 0.29) is 12.0 Å². The van der Waals surface area contributed by atoms with Crippen LogP contribution < -0.4 is 0 Å². The van der Waals surface area contributed by atoms with Crippen molar-refractivity contribution in [1.82, 2.24) is 9.80 Å². The first-order valence-electron chi connectivity index (χ1n) is 7.34. The van der Waals surface area contributed by atoms with Gasteiger partial charge in [-0.15, -0.1) is 0 Å². The summed E-state index contributed by atoms with van der Waals surface area (Å²) in [6.45, 7) is 6.39. The second-order valence-corrected chi connectivity index (χ2v) is 5.27. The van der Waals surface area contributed by atoms with Crippen LogP contribution in [0.25, 0.3) is 0 Å². The fraction of sp³-hybridized carbons (Fsp3) is 0.562. The second kappa shape index (κ2) is 7.41. The number of rotatable bonds is 5. The fourth-order valence-electron chi connectivity index (χ4n) is 2.64. The summed E-state index contributed by atoms with van der Waals surface area (Å²) in [6, 6.07) is 10.4. The number of carbonyl (C=O) groups is 1. The van der Waals surface area contributed by atoms with E-state index in [0.717, 1.165) is 26.2 Å². The molecule has 4 nitrogen and oxygen atoms in total. The zero-order valence-electron chi connectivity index (χ0n) is 12.4. The zero-order chi connectivity index (χ0) is 14.4. The fourth-order valence-corrected chi connectivity index (χ4v) is 2.64. The van der Waals surface area contributed by atoms with E-state index in [2.05, 4.69) is 29.0 Å². The third kappa shape index (κ3) is 4.05. The first-order valence-corrected chi connectivity index (χ1v) is 7.34. The zero-order valence-corrected chi connectivity index (χ0v) is 12.4. The lowest BCUT2D eigenvalue weighted by Crippen LogP contribution is -2.46. The maximum atomic E-state index is 11.9. The van der Waals surface area contributed by atoms with Crippen LogP contribution in [0.2, 0.25) is 0 Å². The van der Waals surface area contributed by atoms with E-state index >= 15 is 0 Å². The number of ether oxygens (including phenoxy) is 1. The van der Waals surface area contributed by atoms with Gasteiger partial charge in [0.2, 0.25) is 0 Å². The van der Waals surface area contributed by atoms with Gasteiger partial charge < -0.3 is 9.64 Å². The van der Waals surface area contributed by atoms with Crippen molar-refractivity contribution < 1.29 is 9.53 Å². The molecule has 1 aliphatic rings. The van der Waals surface area contributed by atoms with Gasteiger partial charge in [0.15, 0.2) is 0 Å². The number of esters is 1. The summed E-state index contributed by atoms with van der Waals surface area (Å²) in [5, 5.41) is 0. The number of nitrogens with zero attached hydrogens (tertiary/aromatic N) is 2. The average molecular weight is 276 g/mol. The lowest BCUT2D eigenvalue weighted by molar-refractivity contribution is -0.144. The molecule has 0 aromatic heterocycles. The quantitative estimate of drug-likeness (QED) is 0.769. The van der Waals surface area contributed by atoms with Gasteiger partial charge in [0.1, 0.15) is 0 Å². The molecule has 1 heterocycles. The van der Waals surface area contributed by atoms with Crippen LogP contribution in [0.15, 0.2) is 30.3 Å². The molecule has 0 amide bonds. The van der Waals surface area contributed by atoms with E-state index < -0.39 is 0 Å². The maximum Gasteiger partial charge on any atom is 0.307 e. The van der Waals surface area contributed by atoms with Crippen LogP contribution in [-0.4, -0.2) is 55.6 Å². The molecule has 0 aliphatic carbocycles. The Morgan fingerprint density at radius 3 is 2.45 bits per heavy atom. The largest absolute Gasteiger partial charge is 0.466 e. The predicted molar refractivity (Wildman–Crippen MR) is 79.5 cm³/mol. The van der Waals surface area contributed by atoms with E-state index in [1.165, 1.54) is 5.56 Å². The van der Waals surface area contributed by atoms with Gasteiger partial charge in [-0.25, -0.2) is 0 Å². The lowest BCUT2D eigenvalue weighted by atomic mass is 10.0. The molecule has 0 spiro atoms. The van der Waals surface area contributed by atoms with Crippen molar-refractivity contribution in [2.45, 2.75) is 19.4 Å². The van der Waals surface area contributed by atoms with Crippen LogP contribution in [0.4, 0.5) is 0 Å². The highest BCUT2D eigenvalue weighted by molar-refractivity contribution is 5.70. The van der Waals surface area contributed by atoms with Gasteiger partial charge in [0.05, 0.1) is 13.0 Å². The number of piperazine rings is 1. The topological polar surface area (TPSA) is 32.8 Å². The van der Waals surface area contributed by atoms with Crippen molar-refractivity contribution in [3.8, 4) is 0 Å². The monoisotopic (exact) mass is 276 g/mol. The number of hydrogen-bond acceptors (Lipinski definition) is 4. The molecule has 1 fully saturated rings. The van der Waals surface area contributed by atoms with Gasteiger partial charge in [-0.05, 0) is 19.5 Å². The SMILES string of the molecule is CCOC(=O)CC(c1ccccc1)N1CCN(C)CC1. The Morgan fingerprint density at radius 1 is 1.20 bits per heavy atom. The van der Waals surface area contributed by atoms with Crippen molar-refractivity contribution in [2.75, 3.05) is 39.8 Å². The molecule has 1 aliphatic heterocycles. The van der Waals surface area contributed by atoms with E-state index in [9.17, 15) is 4.79 Å². The van der Waals surface area contributed by atoms with Gasteiger partial charge in [0.25, 0.3) is 0 Å². The molecule has 1 saturated heterocycles. The molecule has 4 heteroatoms. The van der Waals surface area contributed by atoms with E-state index in [1.54, 1.807) is 0 Å². The van der Waals surface area contributed by atoms with Crippen LogP contribution in [0.1, 0.15) is 24.9 Å². The highest BCUT2D eigenvalue weighted by atomic mass is 16.5. The molecule has 0 bridgehead atoms. The number of carbonyl (C=O) groups excluding carboxylic acids is 1. The van der Waals surface area contributed by atoms with Gasteiger partial charge in [0, 0.05) is 32.2 Å². The second-order valence-electron chi connectivity index (χ2n) is 5.27. The number of hydrogen-bond donors (Lipinski definition) is 0. The smallest absolute Gasteiger partial charge is 0.307 e. The van der Waals surface area contributed by atoms with Crippen LogP contribution in [0.5, 0.6) is 0 Å². The van der Waals surface area contributed by atoms with Gasteiger partial charge in [-0.1, -0.05) is 30.3 Å². The standard InChI is InChI=1S/C16H24N2O2/c1-3-20-16(19)13-15(14-7-5-4-6-8-14)18-11-9-17(2)10-12-18/h4-8,15H,3,9-13H2,1-2H3. The molecule has 0 N–H and O–H groups in total. The summed E-state index contributed by atoms with van der Waals surface area (Å²) in [7, 11) is 2.14. The molecule has 110 valence electrons. The Morgan fingerprint density at radius 2 is 1.85 bits per heavy atom. The van der Waals surface area contributed by atoms with Gasteiger partial charge in [-0.3, -0.25) is 9.69 Å². The molecular formula is C16H24N2O2. The molecule has 1 unspecified atom stereocenters. The average Bonchev–Trinajstić information content (AvgIpc) is 2.47. The minimum Gasteiger partial charge on any atom is -0.466 e. The summed E-state index contributed by atoms with van der Waals surface area (Å²) in [5.41, 5.74) is 1.20. The van der Waals surface area contributed by atoms with E-state index in [1.807, 2.05) is 25.1 Å². The van der Waals surface area contributed by atoms with E-state index in [0.29, 0.717) is 13.0 Å². The Kier molecular flexibility index (Phi) is 5.56. The summed E-state index contributed by atoms with van der Waals surface area (Å²) in [6.07, 6.45) is 0.432. The van der Waals surface area contributed by atoms with E-state index in [4.69, 9.17) is 4.74 Å². The molecule has 2 rings (SSSR count). The van der Waals surface area contributed by atoms with Crippen LogP contribution in [0, 0.1) is 0 Å². The minimum absolute atomic E-state index is 0.111. The highest BCUT2D eigenvalue weighted by Gasteiger charge is 2.26. The minimum atomic E-state index is -0.111. The summed E-state index contributed by atoms with van der Waals surface area (Å²) in [5.74, 6) is -0.111. The maximum absolute atomic E-state index is 11.9. The van der Waals surface area contributed by atoms with Crippen molar-refractivity contribution in [3.63, 3.8) is 0 Å². The van der Waals surface area contributed by atoms with Crippen molar-refractivity contribution in [2.24, 2.45) is 0 Å². The molecule has 0 saturated carbocycles. The van der Waals surface area contributed by atoms with Crippen molar-refractivity contribution in [1.29, 1.82) is 0 Å². The van der Waals surface area contributed by atoms with Crippen LogP contribution in [-0.2, 0) is 9.53 Å². The highest BCUT2D eigenvalue weighted by Crippen LogP contribution is 2.25. The first-order chi connectivity index (χ1) is 9.70. The Labute approximate surface area is 121 Å². The van der Waals surface area contributed by atoms with Crippen molar-refractivity contribution in [3.05, 3.63) is 35.9 Å². The Bertz CT molecular complexity index is 414. The third-order valence-corrected chi connectivity index (χ3v) is 3.83. The summed E-state index contributed by atoms with van der Waals surface area (Å²) in [4.78, 5) is 16.6. The predicted octanol–water partition coefficient (Wildman–Crippen LogP) is 1.93. The van der Waals surface area contributed by atoms with Gasteiger partial charge >= 0.3 is 5.97 Å². The number of benzene rings is 1. The molecule has 1 aromatic rings. The Hall–Kier alpha value is -1.39. The Balaban J connectivity index is 2.09. The molecule has 0 radical (unpaired) electrons. The van der Waals surface area contributed by atoms with Gasteiger partial charge in [-0.2, -0.15) is 0 Å². The normalized spacial score (nSPS) is 18.7. The molecular weight excluding hydrogens is 252 g/mol. The van der Waals surface area contributed by atoms with Crippen LogP contribution >= 0.6 is 0 Å². The third-order valence-electron chi connectivity index (χ3n) is 3.83. The summed E-state index contributed by atoms with van der Waals surface area (Å²) < 4.78 is 5.13. The lowest BCUT2D eigenvalue weighted by Gasteiger charge is -2.37. The van der Waals surface area contributed by atoms with Crippen LogP contribution in [0.3, 0.4) is 0 Å².